The minimum atomic E-state index is 0.158. The molecule has 0 aromatic heterocycles. The standard InChI is InChI=1S/C18H21O2/c1-5-19-15-10-12-17(13-11-15)20-16-8-6-14(7-9-16)18(2,3)4/h6-13H,1,5H2,2-4H3. The van der Waals surface area contributed by atoms with Crippen LogP contribution in [-0.2, 0) is 5.41 Å². The molecule has 0 aliphatic rings. The summed E-state index contributed by atoms with van der Waals surface area (Å²) in [5.41, 5.74) is 1.45. The fourth-order valence-corrected chi connectivity index (χ4v) is 1.88. The smallest absolute Gasteiger partial charge is 0.127 e. The molecule has 0 atom stereocenters. The van der Waals surface area contributed by atoms with Crippen LogP contribution in [0.4, 0.5) is 0 Å². The van der Waals surface area contributed by atoms with Gasteiger partial charge in [-0.05, 0) is 54.3 Å². The summed E-state index contributed by atoms with van der Waals surface area (Å²) in [5, 5.41) is 0. The molecule has 2 heteroatoms. The third-order valence-electron chi connectivity index (χ3n) is 3.05. The summed E-state index contributed by atoms with van der Waals surface area (Å²) in [6, 6.07) is 15.8. The van der Waals surface area contributed by atoms with Crippen LogP contribution in [0.5, 0.6) is 17.2 Å². The van der Waals surface area contributed by atoms with E-state index in [2.05, 4.69) is 39.8 Å². The van der Waals surface area contributed by atoms with Crippen molar-refractivity contribution in [1.82, 2.24) is 0 Å². The first kappa shape index (κ1) is 14.4. The van der Waals surface area contributed by atoms with E-state index < -0.39 is 0 Å². The normalized spacial score (nSPS) is 11.2. The molecule has 0 aliphatic heterocycles. The van der Waals surface area contributed by atoms with Crippen molar-refractivity contribution in [2.45, 2.75) is 26.2 Å². The van der Waals surface area contributed by atoms with Gasteiger partial charge < -0.3 is 9.47 Å². The van der Waals surface area contributed by atoms with Gasteiger partial charge in [-0.15, -0.1) is 0 Å². The second kappa shape index (κ2) is 6.00. The van der Waals surface area contributed by atoms with Gasteiger partial charge in [0.05, 0.1) is 6.61 Å². The minimum Gasteiger partial charge on any atom is -0.494 e. The van der Waals surface area contributed by atoms with Crippen LogP contribution in [0.15, 0.2) is 48.5 Å². The first-order valence-electron chi connectivity index (χ1n) is 6.79. The summed E-state index contributed by atoms with van der Waals surface area (Å²) in [5.74, 6) is 2.43. The van der Waals surface area contributed by atoms with Crippen molar-refractivity contribution >= 4 is 0 Å². The zero-order valence-electron chi connectivity index (χ0n) is 12.3. The van der Waals surface area contributed by atoms with Gasteiger partial charge in [0.1, 0.15) is 17.2 Å². The highest BCUT2D eigenvalue weighted by Gasteiger charge is 2.13. The number of hydrogen-bond donors (Lipinski definition) is 0. The van der Waals surface area contributed by atoms with E-state index in [0.29, 0.717) is 6.61 Å². The van der Waals surface area contributed by atoms with Crippen LogP contribution in [-0.4, -0.2) is 6.61 Å². The van der Waals surface area contributed by atoms with Crippen molar-refractivity contribution < 1.29 is 9.47 Å². The SMILES string of the molecule is [CH2]COc1ccc(Oc2ccc(C(C)(C)C)cc2)cc1. The summed E-state index contributed by atoms with van der Waals surface area (Å²) in [4.78, 5) is 0. The highest BCUT2D eigenvalue weighted by molar-refractivity contribution is 5.37. The lowest BCUT2D eigenvalue weighted by Crippen LogP contribution is -2.10. The Hall–Kier alpha value is -1.96. The van der Waals surface area contributed by atoms with Gasteiger partial charge >= 0.3 is 0 Å². The van der Waals surface area contributed by atoms with Gasteiger partial charge in [-0.2, -0.15) is 0 Å². The molecule has 20 heavy (non-hydrogen) atoms. The average Bonchev–Trinajstić information content (AvgIpc) is 2.41. The zero-order chi connectivity index (χ0) is 14.6. The maximum absolute atomic E-state index is 5.81. The Kier molecular flexibility index (Phi) is 4.33. The van der Waals surface area contributed by atoms with Crippen LogP contribution in [0, 0.1) is 6.92 Å². The zero-order valence-corrected chi connectivity index (χ0v) is 12.3. The van der Waals surface area contributed by atoms with Crippen molar-refractivity contribution in [3.8, 4) is 17.2 Å². The van der Waals surface area contributed by atoms with E-state index in [1.54, 1.807) is 0 Å². The Bertz CT molecular complexity index is 533. The monoisotopic (exact) mass is 269 g/mol. The predicted molar refractivity (Wildman–Crippen MR) is 82.5 cm³/mol. The Balaban J connectivity index is 2.06. The molecule has 0 bridgehead atoms. The van der Waals surface area contributed by atoms with Gasteiger partial charge in [-0.3, -0.25) is 0 Å². The number of hydrogen-bond acceptors (Lipinski definition) is 2. The lowest BCUT2D eigenvalue weighted by atomic mass is 9.87. The first-order valence-corrected chi connectivity index (χ1v) is 6.79. The molecule has 0 N–H and O–H groups in total. The quantitative estimate of drug-likeness (QED) is 0.778. The van der Waals surface area contributed by atoms with Gasteiger partial charge in [0.2, 0.25) is 0 Å². The first-order chi connectivity index (χ1) is 9.49. The molecule has 0 unspecified atom stereocenters. The summed E-state index contributed by atoms with van der Waals surface area (Å²) in [6.07, 6.45) is 0. The van der Waals surface area contributed by atoms with Gasteiger partial charge in [-0.1, -0.05) is 32.9 Å². The Morgan fingerprint density at radius 2 is 1.25 bits per heavy atom. The summed E-state index contributed by atoms with van der Waals surface area (Å²) in [7, 11) is 0. The molecule has 2 aromatic rings. The third kappa shape index (κ3) is 3.77. The van der Waals surface area contributed by atoms with E-state index >= 15 is 0 Å². The molecule has 0 saturated carbocycles. The maximum Gasteiger partial charge on any atom is 0.127 e. The molecular weight excluding hydrogens is 248 g/mol. The Labute approximate surface area is 121 Å². The molecule has 1 radical (unpaired) electrons. The van der Waals surface area contributed by atoms with E-state index in [-0.39, 0.29) is 5.41 Å². The van der Waals surface area contributed by atoms with Crippen molar-refractivity contribution in [2.75, 3.05) is 6.61 Å². The lowest BCUT2D eigenvalue weighted by Gasteiger charge is -2.19. The Morgan fingerprint density at radius 1 is 0.800 bits per heavy atom. The van der Waals surface area contributed by atoms with Crippen LogP contribution in [0.2, 0.25) is 0 Å². The van der Waals surface area contributed by atoms with E-state index in [0.717, 1.165) is 17.2 Å². The van der Waals surface area contributed by atoms with E-state index in [9.17, 15) is 0 Å². The topological polar surface area (TPSA) is 18.5 Å². The van der Waals surface area contributed by atoms with E-state index in [1.807, 2.05) is 36.4 Å². The van der Waals surface area contributed by atoms with Gasteiger partial charge in [0, 0.05) is 0 Å². The van der Waals surface area contributed by atoms with Gasteiger partial charge in [-0.25, -0.2) is 0 Å². The molecule has 0 heterocycles. The molecule has 2 nitrogen and oxygen atoms in total. The van der Waals surface area contributed by atoms with Crippen LogP contribution in [0.25, 0.3) is 0 Å². The Morgan fingerprint density at radius 3 is 1.70 bits per heavy atom. The fraction of sp³-hybridized carbons (Fsp3) is 0.278. The largest absolute Gasteiger partial charge is 0.494 e. The highest BCUT2D eigenvalue weighted by atomic mass is 16.5. The summed E-state index contributed by atoms with van der Waals surface area (Å²) in [6.45, 7) is 10.7. The van der Waals surface area contributed by atoms with E-state index in [4.69, 9.17) is 9.47 Å². The number of ether oxygens (including phenoxy) is 2. The van der Waals surface area contributed by atoms with Crippen molar-refractivity contribution in [3.63, 3.8) is 0 Å². The molecule has 2 aromatic carbocycles. The molecule has 0 fully saturated rings. The molecule has 0 saturated heterocycles. The average molecular weight is 269 g/mol. The van der Waals surface area contributed by atoms with Crippen molar-refractivity contribution in [3.05, 3.63) is 61.0 Å². The minimum absolute atomic E-state index is 0.158. The van der Waals surface area contributed by atoms with Gasteiger partial charge in [0.15, 0.2) is 0 Å². The van der Waals surface area contributed by atoms with Crippen molar-refractivity contribution in [1.29, 1.82) is 0 Å². The second-order valence-corrected chi connectivity index (χ2v) is 5.70. The van der Waals surface area contributed by atoms with Crippen LogP contribution < -0.4 is 9.47 Å². The fourth-order valence-electron chi connectivity index (χ4n) is 1.88. The third-order valence-corrected chi connectivity index (χ3v) is 3.05. The van der Waals surface area contributed by atoms with Crippen molar-refractivity contribution in [2.24, 2.45) is 0 Å². The van der Waals surface area contributed by atoms with Crippen LogP contribution in [0.1, 0.15) is 26.3 Å². The second-order valence-electron chi connectivity index (χ2n) is 5.70. The van der Waals surface area contributed by atoms with Crippen LogP contribution in [0.3, 0.4) is 0 Å². The van der Waals surface area contributed by atoms with E-state index in [1.165, 1.54) is 5.56 Å². The van der Waals surface area contributed by atoms with Crippen LogP contribution >= 0.6 is 0 Å². The molecule has 0 spiro atoms. The summed E-state index contributed by atoms with van der Waals surface area (Å²) >= 11 is 0. The lowest BCUT2D eigenvalue weighted by molar-refractivity contribution is 0.360. The molecule has 0 amide bonds. The molecule has 105 valence electrons. The molecular formula is C18H21O2. The molecule has 2 rings (SSSR count). The maximum atomic E-state index is 5.81. The highest BCUT2D eigenvalue weighted by Crippen LogP contribution is 2.27. The summed E-state index contributed by atoms with van der Waals surface area (Å²) < 4.78 is 11.1. The number of benzene rings is 2. The predicted octanol–water partition coefficient (Wildman–Crippen LogP) is 4.99. The van der Waals surface area contributed by atoms with Gasteiger partial charge in [0.25, 0.3) is 0 Å². The molecule has 0 aliphatic carbocycles. The number of rotatable bonds is 4.